The quantitative estimate of drug-likeness (QED) is 0.246. The summed E-state index contributed by atoms with van der Waals surface area (Å²) >= 11 is 0. The van der Waals surface area contributed by atoms with Crippen LogP contribution in [0.5, 0.6) is 0 Å². The monoisotopic (exact) mass is 370 g/mol. The van der Waals surface area contributed by atoms with Crippen LogP contribution in [-0.2, 0) is 4.79 Å². The summed E-state index contributed by atoms with van der Waals surface area (Å²) in [5.41, 5.74) is 0. The fourth-order valence-corrected chi connectivity index (χ4v) is 3.43. The maximum atomic E-state index is 11.9. The molecule has 156 valence electrons. The van der Waals surface area contributed by atoms with Crippen molar-refractivity contribution in [3.05, 3.63) is 0 Å². The van der Waals surface area contributed by atoms with E-state index in [1.807, 2.05) is 6.92 Å². The molecule has 3 heteroatoms. The zero-order chi connectivity index (χ0) is 19.5. The van der Waals surface area contributed by atoms with E-state index >= 15 is 0 Å². The highest BCUT2D eigenvalue weighted by molar-refractivity contribution is 5.78. The summed E-state index contributed by atoms with van der Waals surface area (Å²) < 4.78 is 0. The molecule has 0 aromatic heterocycles. The van der Waals surface area contributed by atoms with E-state index in [9.17, 15) is 15.0 Å². The number of ketones is 1. The number of rotatable bonds is 20. The van der Waals surface area contributed by atoms with E-state index in [2.05, 4.69) is 6.92 Å². The van der Waals surface area contributed by atoms with Crippen LogP contribution < -0.4 is 0 Å². The molecule has 0 bridgehead atoms. The van der Waals surface area contributed by atoms with Gasteiger partial charge in [0.1, 0.15) is 5.78 Å². The van der Waals surface area contributed by atoms with E-state index in [0.29, 0.717) is 18.6 Å². The van der Waals surface area contributed by atoms with Crippen molar-refractivity contribution in [1.29, 1.82) is 0 Å². The molecular formula is C23H46O3. The van der Waals surface area contributed by atoms with Gasteiger partial charge >= 0.3 is 0 Å². The number of unbranched alkanes of at least 4 members (excludes halogenated alkanes) is 12. The third-order valence-corrected chi connectivity index (χ3v) is 5.38. The fraction of sp³-hybridized carbons (Fsp3) is 0.957. The Kier molecular flexibility index (Phi) is 19.0. The van der Waals surface area contributed by atoms with Gasteiger partial charge in [-0.25, -0.2) is 0 Å². The molecule has 0 fully saturated rings. The minimum Gasteiger partial charge on any atom is -0.390 e. The maximum Gasteiger partial charge on any atom is 0.132 e. The van der Waals surface area contributed by atoms with Crippen LogP contribution in [0.3, 0.4) is 0 Å². The lowest BCUT2D eigenvalue weighted by Gasteiger charge is -2.15. The van der Waals surface area contributed by atoms with E-state index < -0.39 is 12.2 Å². The molecule has 0 aliphatic heterocycles. The second kappa shape index (κ2) is 19.4. The standard InChI is InChI=1S/C23H46O3/c1-3-5-6-7-8-9-10-12-15-18-21(24)19-16-13-11-14-17-20-23(26)22(25)4-2/h22-23,25-26H,3-20H2,1-2H3. The lowest BCUT2D eigenvalue weighted by molar-refractivity contribution is -0.119. The van der Waals surface area contributed by atoms with Crippen molar-refractivity contribution in [2.75, 3.05) is 0 Å². The molecule has 2 N–H and O–H groups in total. The van der Waals surface area contributed by atoms with E-state index in [0.717, 1.165) is 51.4 Å². The van der Waals surface area contributed by atoms with Crippen LogP contribution >= 0.6 is 0 Å². The topological polar surface area (TPSA) is 57.5 Å². The molecule has 0 saturated carbocycles. The molecule has 26 heavy (non-hydrogen) atoms. The fourth-order valence-electron chi connectivity index (χ4n) is 3.43. The Bertz CT molecular complexity index is 304. The van der Waals surface area contributed by atoms with Gasteiger partial charge in [0, 0.05) is 12.8 Å². The van der Waals surface area contributed by atoms with Crippen LogP contribution in [0.1, 0.15) is 129 Å². The molecule has 0 aromatic rings. The normalized spacial score (nSPS) is 13.7. The molecule has 2 unspecified atom stereocenters. The third kappa shape index (κ3) is 17.0. The van der Waals surface area contributed by atoms with Gasteiger partial charge in [-0.05, 0) is 25.7 Å². The molecule has 0 saturated heterocycles. The van der Waals surface area contributed by atoms with Crippen molar-refractivity contribution in [1.82, 2.24) is 0 Å². The zero-order valence-electron chi connectivity index (χ0n) is 17.7. The van der Waals surface area contributed by atoms with Gasteiger partial charge in [0.2, 0.25) is 0 Å². The van der Waals surface area contributed by atoms with Crippen LogP contribution in [0.2, 0.25) is 0 Å². The molecule has 0 aliphatic rings. The summed E-state index contributed by atoms with van der Waals surface area (Å²) in [6, 6.07) is 0. The second-order valence-electron chi connectivity index (χ2n) is 7.97. The van der Waals surface area contributed by atoms with Crippen molar-refractivity contribution in [2.24, 2.45) is 0 Å². The Morgan fingerprint density at radius 2 is 1.04 bits per heavy atom. The lowest BCUT2D eigenvalue weighted by Crippen LogP contribution is -2.24. The summed E-state index contributed by atoms with van der Waals surface area (Å²) in [6.45, 7) is 4.14. The highest BCUT2D eigenvalue weighted by atomic mass is 16.3. The molecule has 0 aromatic carbocycles. The minimum atomic E-state index is -0.575. The van der Waals surface area contributed by atoms with E-state index in [-0.39, 0.29) is 0 Å². The Balaban J connectivity index is 3.27. The molecule has 2 atom stereocenters. The van der Waals surface area contributed by atoms with E-state index in [4.69, 9.17) is 0 Å². The number of Topliss-reactive ketones (excluding diaryl/α,β-unsaturated/α-hetero) is 1. The van der Waals surface area contributed by atoms with Crippen molar-refractivity contribution in [3.8, 4) is 0 Å². The van der Waals surface area contributed by atoms with Crippen LogP contribution in [0, 0.1) is 0 Å². The van der Waals surface area contributed by atoms with Gasteiger partial charge in [0.25, 0.3) is 0 Å². The molecule has 0 aliphatic carbocycles. The minimum absolute atomic E-state index is 0.439. The number of aliphatic hydroxyl groups excluding tert-OH is 2. The van der Waals surface area contributed by atoms with Crippen molar-refractivity contribution < 1.29 is 15.0 Å². The highest BCUT2D eigenvalue weighted by Crippen LogP contribution is 2.14. The van der Waals surface area contributed by atoms with Gasteiger partial charge in [-0.2, -0.15) is 0 Å². The summed E-state index contributed by atoms with van der Waals surface area (Å²) in [5, 5.41) is 19.2. The average Bonchev–Trinajstić information content (AvgIpc) is 2.65. The third-order valence-electron chi connectivity index (χ3n) is 5.38. The molecule has 0 spiro atoms. The van der Waals surface area contributed by atoms with Crippen LogP contribution in [-0.4, -0.2) is 28.2 Å². The lowest BCUT2D eigenvalue weighted by atomic mass is 10.0. The predicted octanol–water partition coefficient (Wildman–Crippen LogP) is 6.34. The maximum absolute atomic E-state index is 11.9. The van der Waals surface area contributed by atoms with Crippen molar-refractivity contribution >= 4 is 5.78 Å². The van der Waals surface area contributed by atoms with Gasteiger partial charge in [0.15, 0.2) is 0 Å². The Morgan fingerprint density at radius 3 is 1.50 bits per heavy atom. The van der Waals surface area contributed by atoms with Gasteiger partial charge in [-0.3, -0.25) is 4.79 Å². The number of hydrogen-bond acceptors (Lipinski definition) is 3. The molecule has 0 heterocycles. The molecule has 0 radical (unpaired) electrons. The number of carbonyl (C=O) groups is 1. The predicted molar refractivity (Wildman–Crippen MR) is 111 cm³/mol. The first-order valence-electron chi connectivity index (χ1n) is 11.5. The molecular weight excluding hydrogens is 324 g/mol. The van der Waals surface area contributed by atoms with Crippen molar-refractivity contribution in [3.63, 3.8) is 0 Å². The smallest absolute Gasteiger partial charge is 0.132 e. The average molecular weight is 371 g/mol. The van der Waals surface area contributed by atoms with E-state index in [1.54, 1.807) is 0 Å². The molecule has 0 rings (SSSR count). The largest absolute Gasteiger partial charge is 0.390 e. The van der Waals surface area contributed by atoms with Crippen LogP contribution in [0.25, 0.3) is 0 Å². The summed E-state index contributed by atoms with van der Waals surface area (Å²) in [4.78, 5) is 11.9. The summed E-state index contributed by atoms with van der Waals surface area (Å²) in [5.74, 6) is 0.439. The summed E-state index contributed by atoms with van der Waals surface area (Å²) in [7, 11) is 0. The van der Waals surface area contributed by atoms with Gasteiger partial charge in [-0.15, -0.1) is 0 Å². The molecule has 0 amide bonds. The second-order valence-corrected chi connectivity index (χ2v) is 7.97. The highest BCUT2D eigenvalue weighted by Gasteiger charge is 2.12. The Labute approximate surface area is 163 Å². The SMILES string of the molecule is CCCCCCCCCCCC(=O)CCCCCCCC(O)C(O)CC. The van der Waals surface area contributed by atoms with Gasteiger partial charge in [0.05, 0.1) is 12.2 Å². The summed E-state index contributed by atoms with van der Waals surface area (Å²) in [6.07, 6.45) is 18.7. The van der Waals surface area contributed by atoms with E-state index in [1.165, 1.54) is 51.4 Å². The first kappa shape index (κ1) is 25.6. The first-order valence-corrected chi connectivity index (χ1v) is 11.5. The Morgan fingerprint density at radius 1 is 0.615 bits per heavy atom. The first-order chi connectivity index (χ1) is 12.6. The number of carbonyl (C=O) groups excluding carboxylic acids is 1. The van der Waals surface area contributed by atoms with Gasteiger partial charge < -0.3 is 10.2 Å². The van der Waals surface area contributed by atoms with Crippen LogP contribution in [0.15, 0.2) is 0 Å². The molecule has 3 nitrogen and oxygen atoms in total. The van der Waals surface area contributed by atoms with Crippen LogP contribution in [0.4, 0.5) is 0 Å². The van der Waals surface area contributed by atoms with Crippen molar-refractivity contribution in [2.45, 2.75) is 142 Å². The zero-order valence-corrected chi connectivity index (χ0v) is 17.7. The number of hydrogen-bond donors (Lipinski definition) is 2. The number of aliphatic hydroxyl groups is 2. The Hall–Kier alpha value is -0.410. The van der Waals surface area contributed by atoms with Gasteiger partial charge in [-0.1, -0.05) is 90.9 Å².